The van der Waals surface area contributed by atoms with Crippen molar-refractivity contribution in [2.45, 2.75) is 25.8 Å². The van der Waals surface area contributed by atoms with Crippen LogP contribution in [0, 0.1) is 5.92 Å². The number of aromatic nitrogens is 5. The molecule has 0 spiro atoms. The number of hydrogen-bond acceptors (Lipinski definition) is 6. The van der Waals surface area contributed by atoms with Crippen molar-refractivity contribution < 1.29 is 4.79 Å². The number of piperidine rings is 1. The number of anilines is 1. The summed E-state index contributed by atoms with van der Waals surface area (Å²) >= 11 is 0. The second-order valence-corrected chi connectivity index (χ2v) is 6.55. The Morgan fingerprint density at radius 2 is 2.08 bits per heavy atom. The van der Waals surface area contributed by atoms with Crippen molar-refractivity contribution in [1.29, 1.82) is 0 Å². The average Bonchev–Trinajstić information content (AvgIpc) is 3.13. The first-order valence-corrected chi connectivity index (χ1v) is 8.84. The first kappa shape index (κ1) is 16.4. The van der Waals surface area contributed by atoms with E-state index < -0.39 is 0 Å². The number of carbonyl (C=O) groups is 1. The second kappa shape index (κ2) is 7.07. The molecule has 1 N–H and O–H groups in total. The molecule has 0 aromatic carbocycles. The third-order valence-corrected chi connectivity index (χ3v) is 4.71. The minimum atomic E-state index is -0.219. The highest BCUT2D eigenvalue weighted by Gasteiger charge is 2.28. The lowest BCUT2D eigenvalue weighted by molar-refractivity contribution is -0.126. The molecule has 26 heavy (non-hydrogen) atoms. The molecule has 0 unspecified atom stereocenters. The van der Waals surface area contributed by atoms with Gasteiger partial charge in [-0.25, -0.2) is 9.97 Å². The van der Waals surface area contributed by atoms with Crippen LogP contribution in [0.4, 0.5) is 5.95 Å². The molecule has 0 saturated carbocycles. The predicted molar refractivity (Wildman–Crippen MR) is 96.5 cm³/mol. The normalized spacial score (nSPS) is 18.7. The highest BCUT2D eigenvalue weighted by molar-refractivity contribution is 5.79. The lowest BCUT2D eigenvalue weighted by atomic mass is 9.97. The number of nitrogens with one attached hydrogen (secondary N) is 1. The minimum absolute atomic E-state index is 0.0332. The molecule has 1 fully saturated rings. The predicted octanol–water partition coefficient (Wildman–Crippen LogP) is 1.61. The van der Waals surface area contributed by atoms with Crippen LogP contribution in [0.2, 0.25) is 0 Å². The van der Waals surface area contributed by atoms with Gasteiger partial charge in [-0.1, -0.05) is 6.07 Å². The molecule has 8 heteroatoms. The Labute approximate surface area is 151 Å². The van der Waals surface area contributed by atoms with Crippen LogP contribution in [0.25, 0.3) is 5.65 Å². The number of hydrogen-bond donors (Lipinski definition) is 1. The summed E-state index contributed by atoms with van der Waals surface area (Å²) in [5, 5.41) is 11.5. The number of fused-ring (bicyclic) bond motifs is 1. The molecule has 134 valence electrons. The Morgan fingerprint density at radius 3 is 2.92 bits per heavy atom. The van der Waals surface area contributed by atoms with Crippen molar-refractivity contribution in [2.75, 3.05) is 18.0 Å². The zero-order chi connectivity index (χ0) is 17.9. The van der Waals surface area contributed by atoms with Gasteiger partial charge in [0.1, 0.15) is 0 Å². The SMILES string of the molecule is C[C@@H](NC(=O)[C@@H]1CCCN(c2ncccn2)C1)c1nnc2ccccn12. The van der Waals surface area contributed by atoms with Crippen molar-refractivity contribution in [3.8, 4) is 0 Å². The van der Waals surface area contributed by atoms with E-state index in [1.54, 1.807) is 18.5 Å². The van der Waals surface area contributed by atoms with Gasteiger partial charge in [0.25, 0.3) is 0 Å². The zero-order valence-electron chi connectivity index (χ0n) is 14.6. The summed E-state index contributed by atoms with van der Waals surface area (Å²) in [5.41, 5.74) is 0.772. The van der Waals surface area contributed by atoms with E-state index in [-0.39, 0.29) is 17.9 Å². The number of nitrogens with zero attached hydrogens (tertiary/aromatic N) is 6. The van der Waals surface area contributed by atoms with Gasteiger partial charge in [0.15, 0.2) is 11.5 Å². The average molecular weight is 351 g/mol. The van der Waals surface area contributed by atoms with Crippen LogP contribution in [0.5, 0.6) is 0 Å². The second-order valence-electron chi connectivity index (χ2n) is 6.55. The van der Waals surface area contributed by atoms with E-state index in [0.29, 0.717) is 12.5 Å². The Hall–Kier alpha value is -3.03. The quantitative estimate of drug-likeness (QED) is 0.768. The van der Waals surface area contributed by atoms with E-state index in [9.17, 15) is 4.79 Å². The number of carbonyl (C=O) groups excluding carboxylic acids is 1. The molecule has 1 saturated heterocycles. The zero-order valence-corrected chi connectivity index (χ0v) is 14.6. The molecule has 1 amide bonds. The van der Waals surface area contributed by atoms with E-state index in [2.05, 4.69) is 30.4 Å². The van der Waals surface area contributed by atoms with Gasteiger partial charge in [-0.2, -0.15) is 0 Å². The monoisotopic (exact) mass is 351 g/mol. The smallest absolute Gasteiger partial charge is 0.225 e. The summed E-state index contributed by atoms with van der Waals surface area (Å²) in [6, 6.07) is 7.31. The maximum absolute atomic E-state index is 12.8. The summed E-state index contributed by atoms with van der Waals surface area (Å²) < 4.78 is 1.90. The molecule has 0 bridgehead atoms. The lowest BCUT2D eigenvalue weighted by Crippen LogP contribution is -2.44. The van der Waals surface area contributed by atoms with Gasteiger partial charge in [0.2, 0.25) is 11.9 Å². The Kier molecular flexibility index (Phi) is 4.47. The van der Waals surface area contributed by atoms with E-state index in [0.717, 1.165) is 30.9 Å². The van der Waals surface area contributed by atoms with Crippen LogP contribution in [0.3, 0.4) is 0 Å². The van der Waals surface area contributed by atoms with E-state index in [1.165, 1.54) is 0 Å². The largest absolute Gasteiger partial charge is 0.346 e. The third kappa shape index (κ3) is 3.22. The molecule has 8 nitrogen and oxygen atoms in total. The van der Waals surface area contributed by atoms with Crippen molar-refractivity contribution in [1.82, 2.24) is 29.9 Å². The van der Waals surface area contributed by atoms with E-state index in [1.807, 2.05) is 35.7 Å². The van der Waals surface area contributed by atoms with Gasteiger partial charge in [0.05, 0.1) is 12.0 Å². The third-order valence-electron chi connectivity index (χ3n) is 4.71. The molecule has 3 aromatic rings. The van der Waals surface area contributed by atoms with Gasteiger partial charge >= 0.3 is 0 Å². The maximum Gasteiger partial charge on any atom is 0.225 e. The van der Waals surface area contributed by atoms with Crippen LogP contribution < -0.4 is 10.2 Å². The molecule has 4 heterocycles. The van der Waals surface area contributed by atoms with Crippen LogP contribution >= 0.6 is 0 Å². The van der Waals surface area contributed by atoms with Gasteiger partial charge < -0.3 is 10.2 Å². The van der Waals surface area contributed by atoms with Crippen molar-refractivity contribution in [3.05, 3.63) is 48.7 Å². The fourth-order valence-corrected chi connectivity index (χ4v) is 3.38. The lowest BCUT2D eigenvalue weighted by Gasteiger charge is -2.32. The maximum atomic E-state index is 12.8. The molecule has 1 aliphatic heterocycles. The Bertz CT molecular complexity index is 895. The molecule has 0 aliphatic carbocycles. The summed E-state index contributed by atoms with van der Waals surface area (Å²) in [6.45, 7) is 3.43. The van der Waals surface area contributed by atoms with Crippen LogP contribution in [-0.2, 0) is 4.79 Å². The van der Waals surface area contributed by atoms with Crippen LogP contribution in [0.1, 0.15) is 31.6 Å². The Balaban J connectivity index is 1.44. The van der Waals surface area contributed by atoms with Crippen LogP contribution in [-0.4, -0.2) is 43.6 Å². The molecule has 4 rings (SSSR count). The first-order valence-electron chi connectivity index (χ1n) is 8.84. The van der Waals surface area contributed by atoms with Gasteiger partial charge in [0, 0.05) is 31.7 Å². The minimum Gasteiger partial charge on any atom is -0.346 e. The highest BCUT2D eigenvalue weighted by Crippen LogP contribution is 2.21. The molecule has 2 atom stereocenters. The Morgan fingerprint density at radius 1 is 1.23 bits per heavy atom. The summed E-state index contributed by atoms with van der Waals surface area (Å²) in [6.07, 6.45) is 7.17. The summed E-state index contributed by atoms with van der Waals surface area (Å²) in [4.78, 5) is 23.4. The molecule has 0 radical (unpaired) electrons. The van der Waals surface area contributed by atoms with Crippen LogP contribution in [0.15, 0.2) is 42.9 Å². The molecule has 3 aromatic heterocycles. The molecular weight excluding hydrogens is 330 g/mol. The highest BCUT2D eigenvalue weighted by atomic mass is 16.2. The van der Waals surface area contributed by atoms with E-state index in [4.69, 9.17) is 0 Å². The summed E-state index contributed by atoms with van der Waals surface area (Å²) in [5.74, 6) is 1.36. The van der Waals surface area contributed by atoms with Gasteiger partial charge in [-0.15, -0.1) is 10.2 Å². The fraction of sp³-hybridized carbons (Fsp3) is 0.389. The number of rotatable bonds is 4. The van der Waals surface area contributed by atoms with Crippen molar-refractivity contribution >= 4 is 17.5 Å². The standard InChI is InChI=1S/C18H21N7O/c1-13(16-23-22-15-7-2-3-11-25(15)16)21-17(26)14-6-4-10-24(12-14)18-19-8-5-9-20-18/h2-3,5,7-9,11,13-14H,4,6,10,12H2,1H3,(H,21,26)/t13-,14-/m1/s1. The fourth-order valence-electron chi connectivity index (χ4n) is 3.38. The number of pyridine rings is 1. The van der Waals surface area contributed by atoms with E-state index >= 15 is 0 Å². The van der Waals surface area contributed by atoms with Gasteiger partial charge in [-0.3, -0.25) is 9.20 Å². The van der Waals surface area contributed by atoms with Crippen molar-refractivity contribution in [3.63, 3.8) is 0 Å². The molecular formula is C18H21N7O. The summed E-state index contributed by atoms with van der Waals surface area (Å²) in [7, 11) is 0. The number of amides is 1. The first-order chi connectivity index (χ1) is 12.7. The van der Waals surface area contributed by atoms with Gasteiger partial charge in [-0.05, 0) is 38.0 Å². The topological polar surface area (TPSA) is 88.3 Å². The van der Waals surface area contributed by atoms with Crippen molar-refractivity contribution in [2.24, 2.45) is 5.92 Å². The molecule has 1 aliphatic rings.